The lowest BCUT2D eigenvalue weighted by molar-refractivity contribution is -0.144. The standard InChI is InChI=1S/C26H50O4/c1-3-5-7-9-11-15-19-23(20-16-13-14-18-22-25(27)28)24(26(29)30)21-17-12-10-8-6-4-2/h23-24H,3-22H2,1-2H3,(H,27,28)(H,29,30). The van der Waals surface area contributed by atoms with Crippen LogP contribution in [0.2, 0.25) is 0 Å². The van der Waals surface area contributed by atoms with Crippen LogP contribution in [0.1, 0.15) is 142 Å². The minimum Gasteiger partial charge on any atom is -0.481 e. The lowest BCUT2D eigenvalue weighted by atomic mass is 9.80. The lowest BCUT2D eigenvalue weighted by Crippen LogP contribution is -2.24. The number of rotatable bonds is 23. The fraction of sp³-hybridized carbons (Fsp3) is 0.923. The van der Waals surface area contributed by atoms with E-state index in [2.05, 4.69) is 13.8 Å². The molecule has 0 aromatic carbocycles. The van der Waals surface area contributed by atoms with Gasteiger partial charge in [-0.3, -0.25) is 9.59 Å². The maximum Gasteiger partial charge on any atom is 0.306 e. The number of carboxylic acid groups (broad SMARTS) is 2. The van der Waals surface area contributed by atoms with Gasteiger partial charge in [0.2, 0.25) is 0 Å². The molecule has 0 saturated carbocycles. The molecule has 0 heterocycles. The van der Waals surface area contributed by atoms with E-state index in [1.165, 1.54) is 57.8 Å². The summed E-state index contributed by atoms with van der Waals surface area (Å²) in [6.45, 7) is 4.45. The van der Waals surface area contributed by atoms with E-state index in [1.54, 1.807) is 0 Å². The molecular formula is C26H50O4. The molecule has 0 aromatic rings. The van der Waals surface area contributed by atoms with Crippen molar-refractivity contribution in [3.05, 3.63) is 0 Å². The van der Waals surface area contributed by atoms with Gasteiger partial charge < -0.3 is 10.2 Å². The van der Waals surface area contributed by atoms with Crippen LogP contribution >= 0.6 is 0 Å². The highest BCUT2D eigenvalue weighted by Crippen LogP contribution is 2.30. The van der Waals surface area contributed by atoms with Crippen LogP contribution in [0, 0.1) is 11.8 Å². The van der Waals surface area contributed by atoms with Gasteiger partial charge in [-0.15, -0.1) is 0 Å². The van der Waals surface area contributed by atoms with E-state index in [9.17, 15) is 14.7 Å². The number of hydrogen-bond acceptors (Lipinski definition) is 2. The normalized spacial score (nSPS) is 13.3. The summed E-state index contributed by atoms with van der Waals surface area (Å²) in [6, 6.07) is 0. The second-order valence-corrected chi connectivity index (χ2v) is 9.16. The van der Waals surface area contributed by atoms with Crippen LogP contribution in [-0.2, 0) is 9.59 Å². The Morgan fingerprint density at radius 2 is 0.967 bits per heavy atom. The zero-order chi connectivity index (χ0) is 22.5. The zero-order valence-corrected chi connectivity index (χ0v) is 20.0. The Hall–Kier alpha value is -1.06. The van der Waals surface area contributed by atoms with E-state index < -0.39 is 11.9 Å². The summed E-state index contributed by atoms with van der Waals surface area (Å²) in [5.41, 5.74) is 0. The quantitative estimate of drug-likeness (QED) is 0.161. The molecule has 2 N–H and O–H groups in total. The van der Waals surface area contributed by atoms with Crippen molar-refractivity contribution in [2.24, 2.45) is 11.8 Å². The minimum atomic E-state index is -0.721. The minimum absolute atomic E-state index is 0.203. The van der Waals surface area contributed by atoms with E-state index in [0.29, 0.717) is 0 Å². The Balaban J connectivity index is 4.44. The van der Waals surface area contributed by atoms with Crippen molar-refractivity contribution in [2.75, 3.05) is 0 Å². The van der Waals surface area contributed by atoms with E-state index in [4.69, 9.17) is 5.11 Å². The van der Waals surface area contributed by atoms with E-state index in [0.717, 1.165) is 64.2 Å². The summed E-state index contributed by atoms with van der Waals surface area (Å²) in [5.74, 6) is -1.25. The molecule has 2 unspecified atom stereocenters. The summed E-state index contributed by atoms with van der Waals surface area (Å²) in [5, 5.41) is 18.6. The molecule has 0 amide bonds. The van der Waals surface area contributed by atoms with Crippen LogP contribution in [0.25, 0.3) is 0 Å². The molecule has 0 bridgehead atoms. The average molecular weight is 427 g/mol. The first-order chi connectivity index (χ1) is 14.5. The van der Waals surface area contributed by atoms with Crippen molar-refractivity contribution in [1.82, 2.24) is 0 Å². The summed E-state index contributed by atoms with van der Waals surface area (Å²) in [4.78, 5) is 22.7. The molecule has 0 saturated heterocycles. The van der Waals surface area contributed by atoms with Gasteiger partial charge in [-0.1, -0.05) is 110 Å². The molecule has 0 spiro atoms. The Kier molecular flexibility index (Phi) is 20.4. The maximum atomic E-state index is 12.0. The highest BCUT2D eigenvalue weighted by atomic mass is 16.4. The highest BCUT2D eigenvalue weighted by molar-refractivity contribution is 5.70. The Morgan fingerprint density at radius 1 is 0.567 bits per heavy atom. The number of carboxylic acids is 2. The summed E-state index contributed by atoms with van der Waals surface area (Å²) >= 11 is 0. The van der Waals surface area contributed by atoms with E-state index in [-0.39, 0.29) is 18.3 Å². The first-order valence-electron chi connectivity index (χ1n) is 13.0. The monoisotopic (exact) mass is 426 g/mol. The fourth-order valence-corrected chi connectivity index (χ4v) is 4.48. The molecule has 0 rings (SSSR count). The van der Waals surface area contributed by atoms with E-state index >= 15 is 0 Å². The molecule has 30 heavy (non-hydrogen) atoms. The smallest absolute Gasteiger partial charge is 0.306 e. The second kappa shape index (κ2) is 21.2. The largest absolute Gasteiger partial charge is 0.481 e. The fourth-order valence-electron chi connectivity index (χ4n) is 4.48. The Labute approximate surface area is 186 Å². The van der Waals surface area contributed by atoms with E-state index in [1.807, 2.05) is 0 Å². The van der Waals surface area contributed by atoms with Gasteiger partial charge in [0.15, 0.2) is 0 Å². The SMILES string of the molecule is CCCCCCCCC(CCCCCCC(=O)O)C(CCCCCCCC)C(=O)O. The Bertz CT molecular complexity index is 408. The summed E-state index contributed by atoms with van der Waals surface area (Å²) in [6.07, 6.45) is 21.5. The molecule has 4 heteroatoms. The van der Waals surface area contributed by atoms with Crippen LogP contribution in [0.4, 0.5) is 0 Å². The van der Waals surface area contributed by atoms with Crippen LogP contribution in [0.15, 0.2) is 0 Å². The van der Waals surface area contributed by atoms with Crippen molar-refractivity contribution >= 4 is 11.9 Å². The topological polar surface area (TPSA) is 74.6 Å². The third-order valence-corrected chi connectivity index (χ3v) is 6.40. The molecule has 4 nitrogen and oxygen atoms in total. The maximum absolute atomic E-state index is 12.0. The molecule has 0 fully saturated rings. The molecule has 0 aliphatic rings. The molecule has 0 aliphatic heterocycles. The second-order valence-electron chi connectivity index (χ2n) is 9.16. The van der Waals surface area contributed by atoms with Crippen LogP contribution in [-0.4, -0.2) is 22.2 Å². The average Bonchev–Trinajstić information content (AvgIpc) is 2.71. The molecule has 2 atom stereocenters. The highest BCUT2D eigenvalue weighted by Gasteiger charge is 2.26. The third-order valence-electron chi connectivity index (χ3n) is 6.40. The predicted octanol–water partition coefficient (Wildman–Crippen LogP) is 8.23. The molecule has 178 valence electrons. The van der Waals surface area contributed by atoms with Gasteiger partial charge in [0.25, 0.3) is 0 Å². The van der Waals surface area contributed by atoms with Crippen molar-refractivity contribution in [2.45, 2.75) is 142 Å². The number of unbranched alkanes of at least 4 members (excludes halogenated alkanes) is 13. The van der Waals surface area contributed by atoms with Gasteiger partial charge in [-0.2, -0.15) is 0 Å². The molecular weight excluding hydrogens is 376 g/mol. The molecule has 0 radical (unpaired) electrons. The van der Waals surface area contributed by atoms with Crippen molar-refractivity contribution in [1.29, 1.82) is 0 Å². The van der Waals surface area contributed by atoms with Gasteiger partial charge in [0, 0.05) is 6.42 Å². The zero-order valence-electron chi connectivity index (χ0n) is 20.0. The van der Waals surface area contributed by atoms with Crippen LogP contribution < -0.4 is 0 Å². The van der Waals surface area contributed by atoms with Crippen LogP contribution in [0.3, 0.4) is 0 Å². The first-order valence-corrected chi connectivity index (χ1v) is 13.0. The Morgan fingerprint density at radius 3 is 1.40 bits per heavy atom. The van der Waals surface area contributed by atoms with Gasteiger partial charge in [0.05, 0.1) is 5.92 Å². The van der Waals surface area contributed by atoms with Gasteiger partial charge in [-0.05, 0) is 31.6 Å². The first kappa shape index (κ1) is 28.9. The summed E-state index contributed by atoms with van der Waals surface area (Å²) in [7, 11) is 0. The molecule has 0 aliphatic carbocycles. The predicted molar refractivity (Wildman–Crippen MR) is 126 cm³/mol. The van der Waals surface area contributed by atoms with Crippen molar-refractivity contribution < 1.29 is 19.8 Å². The third kappa shape index (κ3) is 17.8. The van der Waals surface area contributed by atoms with Gasteiger partial charge in [0.1, 0.15) is 0 Å². The van der Waals surface area contributed by atoms with Crippen molar-refractivity contribution in [3.8, 4) is 0 Å². The lowest BCUT2D eigenvalue weighted by Gasteiger charge is -2.24. The van der Waals surface area contributed by atoms with Gasteiger partial charge in [-0.25, -0.2) is 0 Å². The van der Waals surface area contributed by atoms with Crippen molar-refractivity contribution in [3.63, 3.8) is 0 Å². The summed E-state index contributed by atoms with van der Waals surface area (Å²) < 4.78 is 0. The number of hydrogen-bond donors (Lipinski definition) is 2. The molecule has 0 aromatic heterocycles. The number of aliphatic carboxylic acids is 2. The van der Waals surface area contributed by atoms with Crippen LogP contribution in [0.5, 0.6) is 0 Å². The van der Waals surface area contributed by atoms with Gasteiger partial charge >= 0.3 is 11.9 Å². The number of carbonyl (C=O) groups is 2.